The number of hydrogen-bond donors (Lipinski definition) is 3. The number of amides is 1. The van der Waals surface area contributed by atoms with Crippen molar-refractivity contribution in [1.82, 2.24) is 4.90 Å². The number of benzene rings is 1. The molecule has 0 radical (unpaired) electrons. The first-order valence-electron chi connectivity index (χ1n) is 4.66. The van der Waals surface area contributed by atoms with Gasteiger partial charge in [0.25, 0.3) is 5.91 Å². The van der Waals surface area contributed by atoms with E-state index < -0.39 is 5.91 Å². The summed E-state index contributed by atoms with van der Waals surface area (Å²) in [5.41, 5.74) is 5.44. The van der Waals surface area contributed by atoms with Gasteiger partial charge in [0.2, 0.25) is 0 Å². The third kappa shape index (κ3) is 3.35. The zero-order valence-corrected chi connectivity index (χ0v) is 10.7. The van der Waals surface area contributed by atoms with Crippen molar-refractivity contribution in [3.05, 3.63) is 28.2 Å². The highest BCUT2D eigenvalue weighted by atomic mass is 79.9. The topological polar surface area (TPSA) is 99.1 Å². The van der Waals surface area contributed by atoms with Gasteiger partial charge in [-0.2, -0.15) is 0 Å². The fourth-order valence-electron chi connectivity index (χ4n) is 1.24. The van der Waals surface area contributed by atoms with Crippen LogP contribution in [-0.2, 0) is 0 Å². The molecule has 1 aromatic rings. The Bertz CT molecular complexity index is 462. The van der Waals surface area contributed by atoms with E-state index in [1.807, 2.05) is 0 Å². The highest BCUT2D eigenvalue weighted by Crippen LogP contribution is 2.23. The Morgan fingerprint density at radius 2 is 2.24 bits per heavy atom. The van der Waals surface area contributed by atoms with Gasteiger partial charge in [0.1, 0.15) is 5.75 Å². The van der Waals surface area contributed by atoms with E-state index in [1.54, 1.807) is 6.07 Å². The smallest absolute Gasteiger partial charge is 0.257 e. The standard InChI is InChI=1S/C10H12BrN3O3/c1-14(5-9(12)13-17)10(16)7-3-2-6(11)4-8(7)15/h2-4,15,17H,5H2,1H3,(H2,12,13). The van der Waals surface area contributed by atoms with Crippen molar-refractivity contribution < 1.29 is 15.1 Å². The number of hydrogen-bond acceptors (Lipinski definition) is 4. The number of nitrogens with two attached hydrogens (primary N) is 1. The maximum atomic E-state index is 11.9. The largest absolute Gasteiger partial charge is 0.507 e. The lowest BCUT2D eigenvalue weighted by Crippen LogP contribution is -2.35. The molecule has 92 valence electrons. The number of phenols is 1. The number of amidine groups is 1. The summed E-state index contributed by atoms with van der Waals surface area (Å²) in [4.78, 5) is 13.1. The summed E-state index contributed by atoms with van der Waals surface area (Å²) >= 11 is 3.18. The van der Waals surface area contributed by atoms with Crippen LogP contribution in [0.5, 0.6) is 5.75 Å². The van der Waals surface area contributed by atoms with Gasteiger partial charge in [0.15, 0.2) is 5.84 Å². The van der Waals surface area contributed by atoms with Gasteiger partial charge < -0.3 is 20.9 Å². The summed E-state index contributed by atoms with van der Waals surface area (Å²) in [5, 5.41) is 20.8. The predicted molar refractivity (Wildman–Crippen MR) is 66.2 cm³/mol. The minimum Gasteiger partial charge on any atom is -0.507 e. The molecule has 1 aromatic carbocycles. The maximum Gasteiger partial charge on any atom is 0.257 e. The molecule has 0 bridgehead atoms. The number of carbonyl (C=O) groups is 1. The molecule has 0 saturated carbocycles. The Morgan fingerprint density at radius 1 is 1.59 bits per heavy atom. The van der Waals surface area contributed by atoms with E-state index in [9.17, 15) is 9.90 Å². The van der Waals surface area contributed by atoms with E-state index in [-0.39, 0.29) is 23.7 Å². The van der Waals surface area contributed by atoms with Gasteiger partial charge in [-0.3, -0.25) is 4.79 Å². The Hall–Kier alpha value is -1.76. The highest BCUT2D eigenvalue weighted by Gasteiger charge is 2.16. The third-order valence-corrected chi connectivity index (χ3v) is 2.56. The van der Waals surface area contributed by atoms with E-state index in [1.165, 1.54) is 24.1 Å². The Morgan fingerprint density at radius 3 is 2.76 bits per heavy atom. The minimum atomic E-state index is -0.415. The fourth-order valence-corrected chi connectivity index (χ4v) is 1.59. The number of rotatable bonds is 3. The number of oxime groups is 1. The maximum absolute atomic E-state index is 11.9. The second-order valence-electron chi connectivity index (χ2n) is 3.41. The summed E-state index contributed by atoms with van der Waals surface area (Å²) < 4.78 is 0.672. The molecule has 0 atom stereocenters. The first-order valence-corrected chi connectivity index (χ1v) is 5.45. The quantitative estimate of drug-likeness (QED) is 0.335. The van der Waals surface area contributed by atoms with Crippen LogP contribution in [0.2, 0.25) is 0 Å². The number of carbonyl (C=O) groups excluding carboxylic acids is 1. The first kappa shape index (κ1) is 13.3. The van der Waals surface area contributed by atoms with Crippen LogP contribution < -0.4 is 5.73 Å². The van der Waals surface area contributed by atoms with Crippen LogP contribution in [0.1, 0.15) is 10.4 Å². The molecule has 1 rings (SSSR count). The van der Waals surface area contributed by atoms with Crippen molar-refractivity contribution in [2.45, 2.75) is 0 Å². The number of phenolic OH excluding ortho intramolecular Hbond substituents is 1. The van der Waals surface area contributed by atoms with Crippen molar-refractivity contribution >= 4 is 27.7 Å². The van der Waals surface area contributed by atoms with Crippen LogP contribution in [0.4, 0.5) is 0 Å². The van der Waals surface area contributed by atoms with Crippen LogP contribution in [0, 0.1) is 0 Å². The molecule has 0 fully saturated rings. The molecule has 4 N–H and O–H groups in total. The van der Waals surface area contributed by atoms with E-state index in [2.05, 4.69) is 21.1 Å². The van der Waals surface area contributed by atoms with Gasteiger partial charge >= 0.3 is 0 Å². The van der Waals surface area contributed by atoms with Crippen LogP contribution >= 0.6 is 15.9 Å². The zero-order valence-electron chi connectivity index (χ0n) is 9.09. The highest BCUT2D eigenvalue weighted by molar-refractivity contribution is 9.10. The number of nitrogens with zero attached hydrogens (tertiary/aromatic N) is 2. The molecule has 1 amide bonds. The number of likely N-dealkylation sites (N-methyl/N-ethyl adjacent to an activating group) is 1. The fraction of sp³-hybridized carbons (Fsp3) is 0.200. The second kappa shape index (κ2) is 5.53. The van der Waals surface area contributed by atoms with Crippen molar-refractivity contribution in [3.63, 3.8) is 0 Å². The van der Waals surface area contributed by atoms with Crippen LogP contribution in [0.3, 0.4) is 0 Å². The van der Waals surface area contributed by atoms with E-state index in [0.29, 0.717) is 4.47 Å². The normalized spacial score (nSPS) is 11.3. The number of aromatic hydroxyl groups is 1. The average molecular weight is 302 g/mol. The number of halogens is 1. The van der Waals surface area contributed by atoms with Crippen LogP contribution in [0.15, 0.2) is 27.8 Å². The monoisotopic (exact) mass is 301 g/mol. The van der Waals surface area contributed by atoms with Gasteiger partial charge in [-0.05, 0) is 18.2 Å². The third-order valence-electron chi connectivity index (χ3n) is 2.06. The van der Waals surface area contributed by atoms with Crippen LogP contribution in [0.25, 0.3) is 0 Å². The summed E-state index contributed by atoms with van der Waals surface area (Å²) in [7, 11) is 1.49. The first-order chi connectivity index (χ1) is 7.95. The zero-order chi connectivity index (χ0) is 13.0. The molecule has 6 nitrogen and oxygen atoms in total. The lowest BCUT2D eigenvalue weighted by atomic mass is 10.2. The average Bonchev–Trinajstić information content (AvgIpc) is 2.28. The minimum absolute atomic E-state index is 0.0230. The van der Waals surface area contributed by atoms with Gasteiger partial charge in [0.05, 0.1) is 12.1 Å². The lowest BCUT2D eigenvalue weighted by molar-refractivity contribution is 0.0810. The van der Waals surface area contributed by atoms with Gasteiger partial charge in [0, 0.05) is 11.5 Å². The van der Waals surface area contributed by atoms with E-state index in [0.717, 1.165) is 0 Å². The molecule has 0 spiro atoms. The molecular formula is C10H12BrN3O3. The van der Waals surface area contributed by atoms with Gasteiger partial charge in [-0.1, -0.05) is 21.1 Å². The molecule has 0 unspecified atom stereocenters. The molecule has 17 heavy (non-hydrogen) atoms. The Labute approximate surface area is 106 Å². The summed E-state index contributed by atoms with van der Waals surface area (Å²) in [5.74, 6) is -0.630. The van der Waals surface area contributed by atoms with Crippen molar-refractivity contribution in [2.24, 2.45) is 10.9 Å². The van der Waals surface area contributed by atoms with Crippen molar-refractivity contribution in [1.29, 1.82) is 0 Å². The summed E-state index contributed by atoms with van der Waals surface area (Å²) in [6, 6.07) is 4.55. The Kier molecular flexibility index (Phi) is 4.33. The van der Waals surface area contributed by atoms with Gasteiger partial charge in [-0.25, -0.2) is 0 Å². The van der Waals surface area contributed by atoms with Gasteiger partial charge in [-0.15, -0.1) is 0 Å². The van der Waals surface area contributed by atoms with E-state index in [4.69, 9.17) is 10.9 Å². The molecule has 0 aliphatic carbocycles. The van der Waals surface area contributed by atoms with E-state index >= 15 is 0 Å². The molecule has 0 saturated heterocycles. The summed E-state index contributed by atoms with van der Waals surface area (Å²) in [6.07, 6.45) is 0. The van der Waals surface area contributed by atoms with Crippen molar-refractivity contribution in [3.8, 4) is 5.75 Å². The molecular weight excluding hydrogens is 290 g/mol. The summed E-state index contributed by atoms with van der Waals surface area (Å²) in [6.45, 7) is -0.0230. The molecule has 0 aromatic heterocycles. The molecule has 0 heterocycles. The van der Waals surface area contributed by atoms with Crippen molar-refractivity contribution in [2.75, 3.05) is 13.6 Å². The Balaban J connectivity index is 2.89. The van der Waals surface area contributed by atoms with Crippen LogP contribution in [-0.4, -0.2) is 40.5 Å². The molecule has 0 aliphatic heterocycles. The molecule has 0 aliphatic rings. The predicted octanol–water partition coefficient (Wildman–Crippen LogP) is 0.973. The lowest BCUT2D eigenvalue weighted by Gasteiger charge is -2.16. The molecule has 7 heteroatoms. The SMILES string of the molecule is CN(C/C(N)=N/O)C(=O)c1ccc(Br)cc1O. The second-order valence-corrected chi connectivity index (χ2v) is 4.33.